The van der Waals surface area contributed by atoms with Crippen LogP contribution in [-0.2, 0) is 11.2 Å². The number of carbonyl (C=O) groups excluding carboxylic acids is 1. The molecule has 0 radical (unpaired) electrons. The van der Waals surface area contributed by atoms with Crippen molar-refractivity contribution >= 4 is 16.8 Å². The molecule has 3 N–H and O–H groups in total. The predicted octanol–water partition coefficient (Wildman–Crippen LogP) is 1.87. The SMILES string of the molecule is O=C(CC1CCCc2c1[nH]c1ccccc21)N1CCCN(CC(O)CO)CC1. The molecule has 2 unspecified atom stereocenters. The van der Waals surface area contributed by atoms with Gasteiger partial charge in [0.05, 0.1) is 12.7 Å². The van der Waals surface area contributed by atoms with Gasteiger partial charge in [-0.1, -0.05) is 18.2 Å². The van der Waals surface area contributed by atoms with Crippen LogP contribution in [0.3, 0.4) is 0 Å². The van der Waals surface area contributed by atoms with Crippen molar-refractivity contribution in [1.29, 1.82) is 0 Å². The highest BCUT2D eigenvalue weighted by atomic mass is 16.3. The van der Waals surface area contributed by atoms with Crippen LogP contribution in [0, 0.1) is 0 Å². The van der Waals surface area contributed by atoms with Gasteiger partial charge in [0, 0.05) is 55.1 Å². The van der Waals surface area contributed by atoms with Crippen LogP contribution >= 0.6 is 0 Å². The summed E-state index contributed by atoms with van der Waals surface area (Å²) in [4.78, 5) is 20.8. The van der Waals surface area contributed by atoms with E-state index in [9.17, 15) is 9.90 Å². The third-order valence-corrected chi connectivity index (χ3v) is 6.28. The number of hydrogen-bond acceptors (Lipinski definition) is 4. The van der Waals surface area contributed by atoms with Gasteiger partial charge < -0.3 is 20.1 Å². The summed E-state index contributed by atoms with van der Waals surface area (Å²) in [5.74, 6) is 0.514. The summed E-state index contributed by atoms with van der Waals surface area (Å²) in [6.07, 6.45) is 4.07. The number of aliphatic hydroxyl groups excluding tert-OH is 2. The molecule has 6 nitrogen and oxygen atoms in total. The Morgan fingerprint density at radius 2 is 2.04 bits per heavy atom. The van der Waals surface area contributed by atoms with Gasteiger partial charge in [-0.3, -0.25) is 9.69 Å². The van der Waals surface area contributed by atoms with Gasteiger partial charge in [-0.25, -0.2) is 0 Å². The number of amides is 1. The van der Waals surface area contributed by atoms with E-state index in [-0.39, 0.29) is 18.4 Å². The molecular weight excluding hydrogens is 354 g/mol. The number of carbonyl (C=O) groups is 1. The van der Waals surface area contributed by atoms with E-state index in [1.165, 1.54) is 22.2 Å². The fourth-order valence-electron chi connectivity index (χ4n) is 4.81. The summed E-state index contributed by atoms with van der Waals surface area (Å²) in [6.45, 7) is 3.34. The predicted molar refractivity (Wildman–Crippen MR) is 109 cm³/mol. The van der Waals surface area contributed by atoms with E-state index >= 15 is 0 Å². The number of nitrogens with one attached hydrogen (secondary N) is 1. The Morgan fingerprint density at radius 3 is 2.89 bits per heavy atom. The van der Waals surface area contributed by atoms with Gasteiger partial charge in [0.1, 0.15) is 0 Å². The molecule has 0 saturated carbocycles. The third kappa shape index (κ3) is 4.09. The summed E-state index contributed by atoms with van der Waals surface area (Å²) in [5.41, 5.74) is 3.85. The summed E-state index contributed by atoms with van der Waals surface area (Å²) in [6, 6.07) is 8.44. The molecule has 152 valence electrons. The average Bonchev–Trinajstić information content (AvgIpc) is 2.93. The number of benzene rings is 1. The lowest BCUT2D eigenvalue weighted by atomic mass is 9.84. The fraction of sp³-hybridized carbons (Fsp3) is 0.591. The molecule has 2 aliphatic rings. The van der Waals surface area contributed by atoms with Gasteiger partial charge in [0.2, 0.25) is 5.91 Å². The first-order valence-corrected chi connectivity index (χ1v) is 10.5. The zero-order chi connectivity index (χ0) is 19.5. The number of rotatable bonds is 5. The fourth-order valence-corrected chi connectivity index (χ4v) is 4.81. The molecule has 1 aliphatic heterocycles. The Morgan fingerprint density at radius 1 is 1.18 bits per heavy atom. The van der Waals surface area contributed by atoms with Gasteiger partial charge in [0.15, 0.2) is 0 Å². The Hall–Kier alpha value is -1.89. The van der Waals surface area contributed by atoms with Crippen LogP contribution in [0.1, 0.15) is 42.9 Å². The summed E-state index contributed by atoms with van der Waals surface area (Å²) < 4.78 is 0. The van der Waals surface area contributed by atoms with Crippen molar-refractivity contribution in [2.24, 2.45) is 0 Å². The van der Waals surface area contributed by atoms with E-state index < -0.39 is 6.10 Å². The zero-order valence-electron chi connectivity index (χ0n) is 16.4. The highest BCUT2D eigenvalue weighted by Crippen LogP contribution is 2.38. The van der Waals surface area contributed by atoms with Crippen molar-refractivity contribution in [3.63, 3.8) is 0 Å². The first-order chi connectivity index (χ1) is 13.7. The monoisotopic (exact) mass is 385 g/mol. The molecule has 0 bridgehead atoms. The highest BCUT2D eigenvalue weighted by Gasteiger charge is 2.28. The van der Waals surface area contributed by atoms with Gasteiger partial charge in [-0.2, -0.15) is 0 Å². The number of nitrogens with zero attached hydrogens (tertiary/aromatic N) is 2. The number of aromatic nitrogens is 1. The Bertz CT molecular complexity index is 818. The topological polar surface area (TPSA) is 79.8 Å². The van der Waals surface area contributed by atoms with Crippen molar-refractivity contribution in [2.75, 3.05) is 39.3 Å². The van der Waals surface area contributed by atoms with Gasteiger partial charge in [-0.05, 0) is 43.9 Å². The normalized spacial score (nSPS) is 22.1. The number of fused-ring (bicyclic) bond motifs is 3. The van der Waals surface area contributed by atoms with E-state index in [4.69, 9.17) is 5.11 Å². The van der Waals surface area contributed by atoms with Crippen LogP contribution in [0.25, 0.3) is 10.9 Å². The number of aromatic amines is 1. The average molecular weight is 386 g/mol. The summed E-state index contributed by atoms with van der Waals surface area (Å²) >= 11 is 0. The molecule has 1 aliphatic carbocycles. The van der Waals surface area contributed by atoms with Crippen molar-refractivity contribution < 1.29 is 15.0 Å². The maximum Gasteiger partial charge on any atom is 0.223 e. The molecule has 1 saturated heterocycles. The van der Waals surface area contributed by atoms with Gasteiger partial charge in [0.25, 0.3) is 0 Å². The standard InChI is InChI=1S/C22H31N3O3/c26-15-17(27)14-24-9-4-10-25(12-11-24)21(28)13-16-5-3-7-19-18-6-1-2-8-20(18)23-22(16)19/h1-2,6,8,16-17,23,26-27H,3-5,7,9-15H2. The van der Waals surface area contributed by atoms with Crippen LogP contribution in [0.4, 0.5) is 0 Å². The molecule has 1 amide bonds. The molecule has 1 fully saturated rings. The van der Waals surface area contributed by atoms with Crippen LogP contribution in [0.15, 0.2) is 24.3 Å². The van der Waals surface area contributed by atoms with E-state index in [0.717, 1.165) is 45.3 Å². The van der Waals surface area contributed by atoms with E-state index in [1.807, 2.05) is 4.90 Å². The van der Waals surface area contributed by atoms with E-state index in [1.54, 1.807) is 0 Å². The van der Waals surface area contributed by atoms with Crippen molar-refractivity contribution in [3.05, 3.63) is 35.5 Å². The second-order valence-corrected chi connectivity index (χ2v) is 8.23. The molecule has 2 atom stereocenters. The Kier molecular flexibility index (Phi) is 5.99. The lowest BCUT2D eigenvalue weighted by Gasteiger charge is -2.27. The molecule has 4 rings (SSSR count). The van der Waals surface area contributed by atoms with Crippen molar-refractivity contribution in [1.82, 2.24) is 14.8 Å². The zero-order valence-corrected chi connectivity index (χ0v) is 16.4. The lowest BCUT2D eigenvalue weighted by molar-refractivity contribution is -0.131. The van der Waals surface area contributed by atoms with Gasteiger partial charge in [-0.15, -0.1) is 0 Å². The molecule has 28 heavy (non-hydrogen) atoms. The quantitative estimate of drug-likeness (QED) is 0.734. The number of H-pyrrole nitrogens is 1. The molecule has 0 spiro atoms. The maximum absolute atomic E-state index is 13.0. The van der Waals surface area contributed by atoms with Crippen LogP contribution in [0.5, 0.6) is 0 Å². The van der Waals surface area contributed by atoms with E-state index in [2.05, 4.69) is 34.1 Å². The maximum atomic E-state index is 13.0. The van der Waals surface area contributed by atoms with Crippen LogP contribution in [-0.4, -0.2) is 76.3 Å². The second kappa shape index (κ2) is 8.64. The van der Waals surface area contributed by atoms with Crippen LogP contribution < -0.4 is 0 Å². The summed E-state index contributed by atoms with van der Waals surface area (Å²) in [5, 5.41) is 20.0. The molecule has 1 aromatic heterocycles. The molecule has 2 aromatic rings. The largest absolute Gasteiger partial charge is 0.394 e. The number of β-amino-alcohol motifs (C(OH)–C–C–N with tert-alkyl or cyclic N) is 1. The van der Waals surface area contributed by atoms with E-state index in [0.29, 0.717) is 19.5 Å². The lowest BCUT2D eigenvalue weighted by Crippen LogP contribution is -2.38. The Labute approximate surface area is 166 Å². The number of para-hydroxylation sites is 1. The molecular formula is C22H31N3O3. The number of aliphatic hydroxyl groups is 2. The highest BCUT2D eigenvalue weighted by molar-refractivity contribution is 5.85. The molecule has 1 aromatic carbocycles. The minimum absolute atomic E-state index is 0.215. The minimum Gasteiger partial charge on any atom is -0.394 e. The number of hydrogen-bond donors (Lipinski definition) is 3. The van der Waals surface area contributed by atoms with Gasteiger partial charge >= 0.3 is 0 Å². The first-order valence-electron chi connectivity index (χ1n) is 10.5. The first kappa shape index (κ1) is 19.4. The van der Waals surface area contributed by atoms with Crippen molar-refractivity contribution in [2.45, 2.75) is 44.1 Å². The third-order valence-electron chi connectivity index (χ3n) is 6.28. The smallest absolute Gasteiger partial charge is 0.223 e. The van der Waals surface area contributed by atoms with Crippen LogP contribution in [0.2, 0.25) is 0 Å². The number of aryl methyl sites for hydroxylation is 1. The molecule has 2 heterocycles. The second-order valence-electron chi connectivity index (χ2n) is 8.23. The Balaban J connectivity index is 1.41. The minimum atomic E-state index is -0.704. The van der Waals surface area contributed by atoms with Crippen molar-refractivity contribution in [3.8, 4) is 0 Å². The summed E-state index contributed by atoms with van der Waals surface area (Å²) in [7, 11) is 0. The molecule has 6 heteroatoms.